The Morgan fingerprint density at radius 1 is 1.36 bits per heavy atom. The number of hydrogen-bond donors (Lipinski definition) is 1. The van der Waals surface area contributed by atoms with Gasteiger partial charge in [-0.15, -0.1) is 0 Å². The minimum atomic E-state index is 0.396. The molecule has 0 spiro atoms. The molecule has 2 atom stereocenters. The van der Waals surface area contributed by atoms with Crippen molar-refractivity contribution in [1.82, 2.24) is 5.32 Å². The zero-order valence-electron chi connectivity index (χ0n) is 10.8. The van der Waals surface area contributed by atoms with E-state index in [0.717, 1.165) is 12.5 Å². The Balaban J connectivity index is 2.56. The minimum Gasteiger partial charge on any atom is -0.313 e. The van der Waals surface area contributed by atoms with Gasteiger partial charge in [0.2, 0.25) is 0 Å². The van der Waals surface area contributed by atoms with E-state index in [-0.39, 0.29) is 0 Å². The number of nitrogens with one attached hydrogen (secondary N) is 1. The van der Waals surface area contributed by atoms with Gasteiger partial charge >= 0.3 is 0 Å². The van der Waals surface area contributed by atoms with E-state index in [9.17, 15) is 0 Å². The number of rotatable bonds is 4. The van der Waals surface area contributed by atoms with Crippen molar-refractivity contribution in [1.29, 1.82) is 0 Å². The van der Waals surface area contributed by atoms with E-state index in [4.69, 9.17) is 0 Å². The molecule has 1 saturated carbocycles. The standard InChI is InChI=1S/C13H27N/c1-7-8-14-11(12(2,3)4)10-9-13(10,5)6/h10-11,14H,7-9H2,1-6H3. The highest BCUT2D eigenvalue weighted by Gasteiger charge is 2.52. The third kappa shape index (κ3) is 2.73. The summed E-state index contributed by atoms with van der Waals surface area (Å²) in [5.41, 5.74) is 0.978. The van der Waals surface area contributed by atoms with Crippen LogP contribution in [0.2, 0.25) is 0 Å². The summed E-state index contributed by atoms with van der Waals surface area (Å²) in [5, 5.41) is 3.73. The van der Waals surface area contributed by atoms with Crippen LogP contribution in [-0.4, -0.2) is 12.6 Å². The molecule has 0 radical (unpaired) electrons. The van der Waals surface area contributed by atoms with Crippen molar-refractivity contribution >= 4 is 0 Å². The summed E-state index contributed by atoms with van der Waals surface area (Å²) in [5.74, 6) is 0.883. The Kier molecular flexibility index (Phi) is 3.30. The third-order valence-electron chi connectivity index (χ3n) is 3.54. The normalized spacial score (nSPS) is 27.4. The summed E-state index contributed by atoms with van der Waals surface area (Å²) in [4.78, 5) is 0. The lowest BCUT2D eigenvalue weighted by Gasteiger charge is -2.33. The minimum absolute atomic E-state index is 0.396. The second kappa shape index (κ2) is 3.84. The van der Waals surface area contributed by atoms with Crippen LogP contribution in [0, 0.1) is 16.7 Å². The molecule has 0 aromatic rings. The smallest absolute Gasteiger partial charge is 0.0149 e. The first-order chi connectivity index (χ1) is 6.29. The molecule has 0 aliphatic heterocycles. The van der Waals surface area contributed by atoms with Crippen LogP contribution in [0.1, 0.15) is 54.4 Å². The molecule has 0 aromatic heterocycles. The Bertz CT molecular complexity index is 188. The molecule has 0 heterocycles. The first-order valence-electron chi connectivity index (χ1n) is 6.02. The summed E-state index contributed by atoms with van der Waals surface area (Å²) < 4.78 is 0. The van der Waals surface area contributed by atoms with Crippen LogP contribution in [0.4, 0.5) is 0 Å². The fraction of sp³-hybridized carbons (Fsp3) is 1.00. The van der Waals surface area contributed by atoms with E-state index in [0.29, 0.717) is 16.9 Å². The molecule has 0 saturated heterocycles. The van der Waals surface area contributed by atoms with Gasteiger partial charge in [-0.25, -0.2) is 0 Å². The maximum atomic E-state index is 3.73. The molecule has 1 nitrogen and oxygen atoms in total. The lowest BCUT2D eigenvalue weighted by molar-refractivity contribution is 0.223. The van der Waals surface area contributed by atoms with Crippen molar-refractivity contribution in [2.45, 2.75) is 60.4 Å². The molecule has 1 aliphatic carbocycles. The van der Waals surface area contributed by atoms with E-state index >= 15 is 0 Å². The van der Waals surface area contributed by atoms with Crippen molar-refractivity contribution in [2.75, 3.05) is 6.54 Å². The van der Waals surface area contributed by atoms with E-state index in [2.05, 4.69) is 46.9 Å². The maximum Gasteiger partial charge on any atom is 0.0149 e. The Morgan fingerprint density at radius 2 is 1.86 bits per heavy atom. The van der Waals surface area contributed by atoms with Crippen molar-refractivity contribution in [3.63, 3.8) is 0 Å². The molecule has 2 unspecified atom stereocenters. The van der Waals surface area contributed by atoms with E-state index < -0.39 is 0 Å². The molecule has 1 rings (SSSR count). The summed E-state index contributed by atoms with van der Waals surface area (Å²) in [6.07, 6.45) is 2.63. The zero-order chi connectivity index (χ0) is 11.0. The van der Waals surface area contributed by atoms with E-state index in [1.165, 1.54) is 12.8 Å². The predicted molar refractivity (Wildman–Crippen MR) is 63.4 cm³/mol. The van der Waals surface area contributed by atoms with Gasteiger partial charge in [-0.2, -0.15) is 0 Å². The summed E-state index contributed by atoms with van der Waals surface area (Å²) in [6.45, 7) is 15.3. The van der Waals surface area contributed by atoms with Gasteiger partial charge in [0.25, 0.3) is 0 Å². The summed E-state index contributed by atoms with van der Waals surface area (Å²) in [6, 6.07) is 0.692. The van der Waals surface area contributed by atoms with Crippen molar-refractivity contribution < 1.29 is 0 Å². The SMILES string of the molecule is CCCNC(C1CC1(C)C)C(C)(C)C. The van der Waals surface area contributed by atoms with Gasteiger partial charge < -0.3 is 5.32 Å². The van der Waals surface area contributed by atoms with Gasteiger partial charge in [0, 0.05) is 6.04 Å². The predicted octanol–water partition coefficient (Wildman–Crippen LogP) is 3.45. The zero-order valence-corrected chi connectivity index (χ0v) is 10.8. The van der Waals surface area contributed by atoms with Gasteiger partial charge in [-0.05, 0) is 36.1 Å². The Hall–Kier alpha value is -0.0400. The molecule has 1 fully saturated rings. The molecule has 1 aliphatic rings. The Labute approximate surface area is 89.7 Å². The van der Waals surface area contributed by atoms with Crippen LogP contribution < -0.4 is 5.32 Å². The lowest BCUT2D eigenvalue weighted by atomic mass is 9.81. The highest BCUT2D eigenvalue weighted by Crippen LogP contribution is 2.56. The van der Waals surface area contributed by atoms with Gasteiger partial charge in [-0.1, -0.05) is 41.5 Å². The molecule has 0 aromatic carbocycles. The number of hydrogen-bond acceptors (Lipinski definition) is 1. The van der Waals surface area contributed by atoms with Gasteiger partial charge in [0.05, 0.1) is 0 Å². The second-order valence-corrected chi connectivity index (χ2v) is 6.60. The highest BCUT2D eigenvalue weighted by atomic mass is 15.0. The molecule has 1 N–H and O–H groups in total. The quantitative estimate of drug-likeness (QED) is 0.728. The fourth-order valence-electron chi connectivity index (χ4n) is 2.43. The Morgan fingerprint density at radius 3 is 2.14 bits per heavy atom. The average Bonchev–Trinajstić information content (AvgIpc) is 2.58. The average molecular weight is 197 g/mol. The van der Waals surface area contributed by atoms with Gasteiger partial charge in [0.15, 0.2) is 0 Å². The fourth-order valence-corrected chi connectivity index (χ4v) is 2.43. The summed E-state index contributed by atoms with van der Waals surface area (Å²) in [7, 11) is 0. The molecule has 0 bridgehead atoms. The highest BCUT2D eigenvalue weighted by molar-refractivity contribution is 5.05. The van der Waals surface area contributed by atoms with E-state index in [1.807, 2.05) is 0 Å². The molecule has 0 amide bonds. The van der Waals surface area contributed by atoms with Crippen molar-refractivity contribution in [3.05, 3.63) is 0 Å². The van der Waals surface area contributed by atoms with Gasteiger partial charge in [0.1, 0.15) is 0 Å². The molecule has 1 heteroatoms. The van der Waals surface area contributed by atoms with Crippen LogP contribution in [-0.2, 0) is 0 Å². The van der Waals surface area contributed by atoms with Crippen LogP contribution in [0.25, 0.3) is 0 Å². The molecule has 14 heavy (non-hydrogen) atoms. The third-order valence-corrected chi connectivity index (χ3v) is 3.54. The van der Waals surface area contributed by atoms with Crippen molar-refractivity contribution in [3.8, 4) is 0 Å². The second-order valence-electron chi connectivity index (χ2n) is 6.60. The van der Waals surface area contributed by atoms with Crippen LogP contribution in [0.3, 0.4) is 0 Å². The maximum absolute atomic E-state index is 3.73. The largest absolute Gasteiger partial charge is 0.313 e. The molecular weight excluding hydrogens is 170 g/mol. The first kappa shape index (κ1) is 12.0. The topological polar surface area (TPSA) is 12.0 Å². The molecular formula is C13H27N. The monoisotopic (exact) mass is 197 g/mol. The lowest BCUT2D eigenvalue weighted by Crippen LogP contribution is -2.43. The van der Waals surface area contributed by atoms with Crippen LogP contribution >= 0.6 is 0 Å². The molecule has 84 valence electrons. The van der Waals surface area contributed by atoms with E-state index in [1.54, 1.807) is 0 Å². The first-order valence-corrected chi connectivity index (χ1v) is 6.02. The van der Waals surface area contributed by atoms with Gasteiger partial charge in [-0.3, -0.25) is 0 Å². The summed E-state index contributed by atoms with van der Waals surface area (Å²) >= 11 is 0. The van der Waals surface area contributed by atoms with Crippen LogP contribution in [0.15, 0.2) is 0 Å². The van der Waals surface area contributed by atoms with Crippen LogP contribution in [0.5, 0.6) is 0 Å². The van der Waals surface area contributed by atoms with Crippen molar-refractivity contribution in [2.24, 2.45) is 16.7 Å².